The average molecular weight is 250 g/mol. The maximum Gasteiger partial charge on any atom is 0.180 e. The molecule has 5 heteroatoms. The molecule has 0 saturated heterocycles. The van der Waals surface area contributed by atoms with E-state index in [9.17, 15) is 0 Å². The number of hydrogen-bond acceptors (Lipinski definition) is 3. The van der Waals surface area contributed by atoms with Gasteiger partial charge in [0.2, 0.25) is 0 Å². The Hall–Kier alpha value is -0.660. The van der Waals surface area contributed by atoms with Crippen LogP contribution in [-0.2, 0) is 0 Å². The van der Waals surface area contributed by atoms with Gasteiger partial charge in [0.05, 0.1) is 12.5 Å². The first-order valence-corrected chi connectivity index (χ1v) is 2.56. The summed E-state index contributed by atoms with van der Waals surface area (Å²) in [6.45, 7) is 0. The van der Waals surface area contributed by atoms with Crippen molar-refractivity contribution in [1.29, 1.82) is 0 Å². The first kappa shape index (κ1) is 7.45. The van der Waals surface area contributed by atoms with Gasteiger partial charge in [-0.25, -0.2) is 15.0 Å². The van der Waals surface area contributed by atoms with E-state index in [-0.39, 0.29) is 23.7 Å². The van der Waals surface area contributed by atoms with Crippen LogP contribution in [0.3, 0.4) is 0 Å². The summed E-state index contributed by atoms with van der Waals surface area (Å²) in [6.07, 6.45) is 4.76. The molecule has 0 fully saturated rings. The molecule has 0 spiro atoms. The molecule has 0 aliphatic rings. The van der Waals surface area contributed by atoms with E-state index in [1.165, 1.54) is 6.33 Å². The number of aromatic nitrogens is 4. The Balaban J connectivity index is 0.000000500. The molecule has 1 N–H and O–H groups in total. The molecule has 0 unspecified atom stereocenters. The van der Waals surface area contributed by atoms with Crippen LogP contribution < -0.4 is 0 Å². The van der Waals surface area contributed by atoms with Crippen molar-refractivity contribution in [3.8, 4) is 0 Å². The molecule has 2 rings (SSSR count). The maximum absolute atomic E-state index is 3.91. The van der Waals surface area contributed by atoms with Crippen LogP contribution >= 0.6 is 0 Å². The molecule has 0 aliphatic heterocycles. The van der Waals surface area contributed by atoms with Crippen LogP contribution in [0, 0.1) is 0 Å². The summed E-state index contributed by atoms with van der Waals surface area (Å²) >= 11 is 0. The van der Waals surface area contributed by atoms with Gasteiger partial charge >= 0.3 is 23.7 Å². The Bertz CT molecular complexity index is 288. The van der Waals surface area contributed by atoms with E-state index in [2.05, 4.69) is 19.9 Å². The first-order valence-electron chi connectivity index (χ1n) is 2.56. The molecule has 0 bridgehead atoms. The summed E-state index contributed by atoms with van der Waals surface area (Å²) in [5.41, 5.74) is 1.59. The Labute approximate surface area is 73.8 Å². The fourth-order valence-corrected chi connectivity index (χ4v) is 0.691. The molecule has 0 saturated carbocycles. The number of H-pyrrole nitrogens is 1. The Morgan fingerprint density at radius 2 is 2.20 bits per heavy atom. The third-order valence-corrected chi connectivity index (χ3v) is 1.10. The average Bonchev–Trinajstić information content (AvgIpc) is 2.33. The van der Waals surface area contributed by atoms with E-state index >= 15 is 0 Å². The Morgan fingerprint density at radius 1 is 1.30 bits per heavy atom. The second-order valence-electron chi connectivity index (χ2n) is 1.66. The smallest absolute Gasteiger partial charge is 0.180 e. The second-order valence-corrected chi connectivity index (χ2v) is 1.66. The van der Waals surface area contributed by atoms with Crippen LogP contribution in [0.2, 0.25) is 0 Å². The Kier molecular flexibility index (Phi) is 2.20. The van der Waals surface area contributed by atoms with Crippen molar-refractivity contribution in [1.82, 2.24) is 19.9 Å². The van der Waals surface area contributed by atoms with Crippen molar-refractivity contribution in [2.45, 2.75) is 0 Å². The molecule has 2 heterocycles. The minimum absolute atomic E-state index is 0. The van der Waals surface area contributed by atoms with Gasteiger partial charge in [0, 0.05) is 0 Å². The largest absolute Gasteiger partial charge is 0.342 e. The standard InChI is InChI=1S/C5H4N4.H2Te/c1-4-5(8-2-6-1)9-3-7-4;/h1-3H,(H,6,7,8,9);1H2. The number of nitrogens with zero attached hydrogens (tertiary/aromatic N) is 3. The number of fused-ring (bicyclic) bond motifs is 1. The molecule has 52 valence electrons. The molecule has 0 amide bonds. The van der Waals surface area contributed by atoms with Gasteiger partial charge in [0.1, 0.15) is 11.8 Å². The van der Waals surface area contributed by atoms with Crippen molar-refractivity contribution in [2.75, 3.05) is 0 Å². The second kappa shape index (κ2) is 2.95. The minimum Gasteiger partial charge on any atom is -0.342 e. The summed E-state index contributed by atoms with van der Waals surface area (Å²) in [7, 11) is 0. The maximum atomic E-state index is 3.91. The van der Waals surface area contributed by atoms with Crippen LogP contribution in [0.5, 0.6) is 0 Å². The first-order chi connectivity index (χ1) is 4.47. The molecule has 2 aromatic heterocycles. The minimum atomic E-state index is 0. The van der Waals surface area contributed by atoms with Crippen molar-refractivity contribution < 1.29 is 0 Å². The van der Waals surface area contributed by atoms with E-state index in [4.69, 9.17) is 0 Å². The summed E-state index contributed by atoms with van der Waals surface area (Å²) < 4.78 is 0. The number of aromatic amines is 1. The van der Waals surface area contributed by atoms with E-state index in [1.807, 2.05) is 0 Å². The van der Waals surface area contributed by atoms with Crippen LogP contribution in [0.1, 0.15) is 0 Å². The van der Waals surface area contributed by atoms with Gasteiger partial charge < -0.3 is 4.98 Å². The van der Waals surface area contributed by atoms with Crippen molar-refractivity contribution in [3.05, 3.63) is 18.9 Å². The quantitative estimate of drug-likeness (QED) is 0.637. The summed E-state index contributed by atoms with van der Waals surface area (Å²) in [6, 6.07) is 0. The third kappa shape index (κ3) is 1.10. The zero-order valence-electron chi connectivity index (χ0n) is 5.07. The van der Waals surface area contributed by atoms with Crippen molar-refractivity contribution in [2.24, 2.45) is 0 Å². The third-order valence-electron chi connectivity index (χ3n) is 1.10. The van der Waals surface area contributed by atoms with Gasteiger partial charge in [-0.05, 0) is 0 Å². The molecule has 0 radical (unpaired) electrons. The number of rotatable bonds is 0. The molecular formula is C5H6N4Te. The molecule has 0 aromatic carbocycles. The van der Waals surface area contributed by atoms with Gasteiger partial charge in [0.15, 0.2) is 5.65 Å². The van der Waals surface area contributed by atoms with Gasteiger partial charge in [-0.2, -0.15) is 0 Å². The summed E-state index contributed by atoms with van der Waals surface area (Å²) in [5.74, 6) is 0. The van der Waals surface area contributed by atoms with E-state index in [0.717, 1.165) is 5.52 Å². The normalized spacial score (nSPS) is 9.20. The number of nitrogens with one attached hydrogen (secondary N) is 1. The van der Waals surface area contributed by atoms with Gasteiger partial charge in [-0.3, -0.25) is 0 Å². The Morgan fingerprint density at radius 3 is 3.00 bits per heavy atom. The van der Waals surface area contributed by atoms with Gasteiger partial charge in [-0.15, -0.1) is 0 Å². The summed E-state index contributed by atoms with van der Waals surface area (Å²) in [4.78, 5) is 14.5. The zero-order valence-corrected chi connectivity index (χ0v) is 7.93. The number of hydrogen-bond donors (Lipinski definition) is 1. The van der Waals surface area contributed by atoms with E-state index in [1.54, 1.807) is 12.5 Å². The van der Waals surface area contributed by atoms with E-state index < -0.39 is 0 Å². The van der Waals surface area contributed by atoms with Crippen molar-refractivity contribution >= 4 is 34.8 Å². The molecule has 4 nitrogen and oxygen atoms in total. The van der Waals surface area contributed by atoms with Gasteiger partial charge in [0.25, 0.3) is 0 Å². The fraction of sp³-hybridized carbons (Fsp3) is 0. The van der Waals surface area contributed by atoms with Crippen LogP contribution in [0.15, 0.2) is 18.9 Å². The number of imidazole rings is 1. The summed E-state index contributed by atoms with van der Waals surface area (Å²) in [5, 5.41) is 0. The molecule has 10 heavy (non-hydrogen) atoms. The predicted molar refractivity (Wildman–Crippen MR) is 40.2 cm³/mol. The SMILES string of the molecule is [TeH2].c1ncc2[nH]cnc2n1. The molecule has 2 aromatic rings. The predicted octanol–water partition coefficient (Wildman–Crippen LogP) is -0.563. The molecular weight excluding hydrogens is 244 g/mol. The van der Waals surface area contributed by atoms with Crippen LogP contribution in [0.25, 0.3) is 11.2 Å². The molecule has 0 aliphatic carbocycles. The van der Waals surface area contributed by atoms with Crippen molar-refractivity contribution in [3.63, 3.8) is 0 Å². The topological polar surface area (TPSA) is 54.5 Å². The monoisotopic (exact) mass is 252 g/mol. The van der Waals surface area contributed by atoms with Crippen LogP contribution in [-0.4, -0.2) is 43.6 Å². The van der Waals surface area contributed by atoms with Gasteiger partial charge in [-0.1, -0.05) is 0 Å². The van der Waals surface area contributed by atoms with E-state index in [0.29, 0.717) is 5.65 Å². The zero-order chi connectivity index (χ0) is 6.10. The molecule has 0 atom stereocenters. The fourth-order valence-electron chi connectivity index (χ4n) is 0.691. The van der Waals surface area contributed by atoms with Crippen LogP contribution in [0.4, 0.5) is 0 Å².